The van der Waals surface area contributed by atoms with Gasteiger partial charge < -0.3 is 13.3 Å². The lowest BCUT2D eigenvalue weighted by Gasteiger charge is -2.60. The van der Waals surface area contributed by atoms with E-state index >= 15 is 0 Å². The summed E-state index contributed by atoms with van der Waals surface area (Å²) in [6.07, 6.45) is 10.0. The minimum absolute atomic E-state index is 0.126. The lowest BCUT2D eigenvalue weighted by Crippen LogP contribution is -2.62. The fraction of sp³-hybridized carbons (Fsp3) is 0.839. The van der Waals surface area contributed by atoms with Crippen LogP contribution in [-0.4, -0.2) is 42.9 Å². The van der Waals surface area contributed by atoms with Gasteiger partial charge in [0.2, 0.25) is 8.32 Å². The van der Waals surface area contributed by atoms with Crippen LogP contribution in [0.25, 0.3) is 0 Å². The van der Waals surface area contributed by atoms with Crippen LogP contribution in [0.4, 0.5) is 0 Å². The van der Waals surface area contributed by atoms with Crippen molar-refractivity contribution in [1.29, 1.82) is 0 Å². The van der Waals surface area contributed by atoms with Gasteiger partial charge in [0.15, 0.2) is 22.4 Å². The van der Waals surface area contributed by atoms with Crippen molar-refractivity contribution in [2.45, 2.75) is 130 Å². The fourth-order valence-electron chi connectivity index (χ4n) is 8.81. The molecular weight excluding hydrogens is 521 g/mol. The molecule has 0 aromatic carbocycles. The van der Waals surface area contributed by atoms with Crippen molar-refractivity contribution in [1.82, 2.24) is 0 Å². The van der Waals surface area contributed by atoms with Crippen LogP contribution in [0, 0.1) is 28.6 Å². The van der Waals surface area contributed by atoms with Crippen LogP contribution in [0.15, 0.2) is 23.0 Å². The molecule has 0 saturated heterocycles. The molecule has 2 saturated carbocycles. The molecule has 6 atom stereocenters. The second kappa shape index (κ2) is 9.81. The first-order valence-corrected chi connectivity index (χ1v) is 25.4. The van der Waals surface area contributed by atoms with Crippen molar-refractivity contribution in [2.24, 2.45) is 28.6 Å². The van der Waals surface area contributed by atoms with Crippen molar-refractivity contribution < 1.29 is 18.1 Å². The summed E-state index contributed by atoms with van der Waals surface area (Å²) < 4.78 is 19.8. The summed E-state index contributed by atoms with van der Waals surface area (Å²) in [7, 11) is -5.39. The third-order valence-corrected chi connectivity index (χ3v) is 13.0. The molecule has 6 unspecified atom stereocenters. The van der Waals surface area contributed by atoms with E-state index in [1.165, 1.54) is 18.6 Å². The molecular formula is C31H56O4Si3. The molecule has 0 aliphatic heterocycles. The summed E-state index contributed by atoms with van der Waals surface area (Å²) in [5.74, 6) is 3.24. The van der Waals surface area contributed by atoms with Gasteiger partial charge in [0.25, 0.3) is 0 Å². The van der Waals surface area contributed by atoms with Crippen molar-refractivity contribution in [3.63, 3.8) is 0 Å². The number of hydrogen-bond donors (Lipinski definition) is 0. The van der Waals surface area contributed by atoms with Gasteiger partial charge in [0.1, 0.15) is 5.60 Å². The van der Waals surface area contributed by atoms with Gasteiger partial charge in [-0.15, -0.1) is 0 Å². The zero-order chi connectivity index (χ0) is 28.5. The first-order chi connectivity index (χ1) is 17.2. The van der Waals surface area contributed by atoms with E-state index in [9.17, 15) is 4.79 Å². The van der Waals surface area contributed by atoms with Gasteiger partial charge in [-0.05, 0) is 139 Å². The lowest BCUT2D eigenvalue weighted by molar-refractivity contribution is -0.158. The van der Waals surface area contributed by atoms with Gasteiger partial charge in [-0.3, -0.25) is 4.79 Å². The van der Waals surface area contributed by atoms with E-state index in [1.54, 1.807) is 11.1 Å². The summed E-state index contributed by atoms with van der Waals surface area (Å²) in [4.78, 5) is 14.2. The molecule has 4 aliphatic rings. The lowest BCUT2D eigenvalue weighted by atomic mass is 9.46. The highest BCUT2D eigenvalue weighted by Gasteiger charge is 2.68. The summed E-state index contributed by atoms with van der Waals surface area (Å²) in [6.45, 7) is 27.7. The van der Waals surface area contributed by atoms with E-state index in [0.717, 1.165) is 32.1 Å². The smallest absolute Gasteiger partial charge is 0.241 e. The van der Waals surface area contributed by atoms with Crippen LogP contribution in [-0.2, 0) is 18.1 Å². The topological polar surface area (TPSA) is 44.8 Å². The Balaban J connectivity index is 1.69. The first kappa shape index (κ1) is 30.5. The van der Waals surface area contributed by atoms with Crippen LogP contribution >= 0.6 is 0 Å². The van der Waals surface area contributed by atoms with Gasteiger partial charge in [-0.25, -0.2) is 0 Å². The van der Waals surface area contributed by atoms with Gasteiger partial charge in [0.05, 0.1) is 12.4 Å². The number of hydrogen-bond acceptors (Lipinski definition) is 4. The van der Waals surface area contributed by atoms with E-state index in [4.69, 9.17) is 13.3 Å². The molecule has 38 heavy (non-hydrogen) atoms. The minimum Gasteiger partial charge on any atom is -0.547 e. The number of fused-ring (bicyclic) bond motifs is 5. The molecule has 0 heterocycles. The number of allylic oxidation sites excluding steroid dienone is 4. The van der Waals surface area contributed by atoms with E-state index in [-0.39, 0.29) is 23.2 Å². The molecule has 0 radical (unpaired) electrons. The Bertz CT molecular complexity index is 1010. The normalized spacial score (nSPS) is 37.8. The van der Waals surface area contributed by atoms with Crippen LogP contribution in [0.1, 0.15) is 65.7 Å². The highest BCUT2D eigenvalue weighted by atomic mass is 28.4. The number of ketones is 1. The predicted octanol–water partition coefficient (Wildman–Crippen LogP) is 8.70. The van der Waals surface area contributed by atoms with E-state index in [2.05, 4.69) is 85.8 Å². The van der Waals surface area contributed by atoms with E-state index in [1.807, 2.05) is 0 Å². The molecule has 0 aromatic rings. The van der Waals surface area contributed by atoms with Gasteiger partial charge in [0, 0.05) is 11.8 Å². The van der Waals surface area contributed by atoms with Crippen molar-refractivity contribution >= 4 is 30.7 Å². The molecule has 2 fully saturated rings. The number of rotatable bonds is 8. The monoisotopic (exact) mass is 576 g/mol. The second-order valence-electron chi connectivity index (χ2n) is 16.4. The average molecular weight is 577 g/mol. The highest BCUT2D eigenvalue weighted by molar-refractivity contribution is 6.70. The van der Waals surface area contributed by atoms with Gasteiger partial charge in [-0.1, -0.05) is 19.4 Å². The van der Waals surface area contributed by atoms with Crippen LogP contribution < -0.4 is 0 Å². The summed E-state index contributed by atoms with van der Waals surface area (Å²) in [6, 6.07) is 0. The molecule has 0 bridgehead atoms. The molecule has 4 aliphatic carbocycles. The summed E-state index contributed by atoms with van der Waals surface area (Å²) >= 11 is 0. The van der Waals surface area contributed by atoms with Crippen LogP contribution in [0.2, 0.25) is 58.9 Å². The van der Waals surface area contributed by atoms with Crippen LogP contribution in [0.5, 0.6) is 0 Å². The van der Waals surface area contributed by atoms with Crippen molar-refractivity contribution in [3.8, 4) is 0 Å². The predicted molar refractivity (Wildman–Crippen MR) is 166 cm³/mol. The van der Waals surface area contributed by atoms with Gasteiger partial charge >= 0.3 is 0 Å². The largest absolute Gasteiger partial charge is 0.547 e. The fourth-order valence-corrected chi connectivity index (χ4v) is 11.8. The molecule has 0 spiro atoms. The van der Waals surface area contributed by atoms with Crippen LogP contribution in [0.3, 0.4) is 0 Å². The Morgan fingerprint density at radius 1 is 0.895 bits per heavy atom. The minimum atomic E-state index is -1.98. The third kappa shape index (κ3) is 5.53. The summed E-state index contributed by atoms with van der Waals surface area (Å²) in [5.41, 5.74) is 2.49. The summed E-state index contributed by atoms with van der Waals surface area (Å²) in [5, 5.41) is 0. The SMILES string of the molecule is CC1=C2C=C(O[Si](C)(C)C)CCC2(C)C2CCC3(C)C(CCC3(O[Si](C)(C)C)C(=O)CO[Si](C)(C)C)C2C1. The van der Waals surface area contributed by atoms with Gasteiger partial charge in [-0.2, -0.15) is 0 Å². The standard InChI is InChI=1S/C31H56O4Si3/c1-22-19-24-25(29(2)16-13-23(20-27(22)29)34-37(7,8)9)14-17-30(3)26(24)15-18-31(30,35-38(10,11)12)28(32)21-33-36(4,5)6/h20,24-26H,13-19,21H2,1-12H3. The maximum Gasteiger partial charge on any atom is 0.241 e. The Hall–Kier alpha value is -0.479. The number of carbonyl (C=O) groups excluding carboxylic acids is 1. The molecule has 0 amide bonds. The zero-order valence-electron chi connectivity index (χ0n) is 26.6. The third-order valence-electron chi connectivity index (χ3n) is 10.2. The van der Waals surface area contributed by atoms with E-state index < -0.39 is 30.6 Å². The maximum atomic E-state index is 14.2. The maximum absolute atomic E-state index is 14.2. The zero-order valence-corrected chi connectivity index (χ0v) is 29.6. The van der Waals surface area contributed by atoms with E-state index in [0.29, 0.717) is 17.8 Å². The van der Waals surface area contributed by atoms with Crippen molar-refractivity contribution in [2.75, 3.05) is 6.61 Å². The Morgan fingerprint density at radius 2 is 1.53 bits per heavy atom. The quantitative estimate of drug-likeness (QED) is 0.271. The first-order valence-electron chi connectivity index (χ1n) is 15.2. The molecule has 7 heteroatoms. The highest BCUT2D eigenvalue weighted by Crippen LogP contribution is 2.69. The number of Topliss-reactive ketones (excluding diaryl/α,β-unsaturated/α-hetero) is 1. The molecule has 4 nitrogen and oxygen atoms in total. The average Bonchev–Trinajstić information content (AvgIpc) is 3.03. The molecule has 4 rings (SSSR count). The van der Waals surface area contributed by atoms with Crippen molar-refractivity contribution in [3.05, 3.63) is 23.0 Å². The molecule has 0 aromatic heterocycles. The number of carbonyl (C=O) groups is 1. The molecule has 216 valence electrons. The Morgan fingerprint density at radius 3 is 2.11 bits per heavy atom. The second-order valence-corrected chi connectivity index (χ2v) is 29.7. The molecule has 0 N–H and O–H groups in total. The Kier molecular flexibility index (Phi) is 7.87. The Labute approximate surface area is 236 Å².